The van der Waals surface area contributed by atoms with E-state index in [0.29, 0.717) is 23.6 Å². The zero-order valence-corrected chi connectivity index (χ0v) is 12.8. The second kappa shape index (κ2) is 5.84. The van der Waals surface area contributed by atoms with Crippen LogP contribution in [0.4, 0.5) is 5.69 Å². The van der Waals surface area contributed by atoms with E-state index in [0.717, 1.165) is 5.69 Å². The Labute approximate surface area is 138 Å². The van der Waals surface area contributed by atoms with Gasteiger partial charge in [-0.15, -0.1) is 0 Å². The number of nitrogens with zero attached hydrogens (tertiary/aromatic N) is 2. The summed E-state index contributed by atoms with van der Waals surface area (Å²) in [5.74, 6) is 1.06. The number of nitrogens with one attached hydrogen (secondary N) is 1. The number of hydrogen-bond acceptors (Lipinski definition) is 5. The fourth-order valence-electron chi connectivity index (χ4n) is 2.88. The summed E-state index contributed by atoms with van der Waals surface area (Å²) in [6, 6.07) is 8.44. The van der Waals surface area contributed by atoms with Crippen molar-refractivity contribution >= 4 is 17.5 Å². The average molecular weight is 325 g/mol. The van der Waals surface area contributed by atoms with E-state index >= 15 is 0 Å². The summed E-state index contributed by atoms with van der Waals surface area (Å²) in [5, 5.41) is 2.89. The van der Waals surface area contributed by atoms with Crippen LogP contribution in [0.25, 0.3) is 0 Å². The van der Waals surface area contributed by atoms with E-state index in [1.54, 1.807) is 41.6 Å². The van der Waals surface area contributed by atoms with Gasteiger partial charge in [0.1, 0.15) is 0 Å². The molecule has 7 heteroatoms. The van der Waals surface area contributed by atoms with Crippen LogP contribution < -0.4 is 19.7 Å². The van der Waals surface area contributed by atoms with Crippen LogP contribution in [-0.2, 0) is 4.79 Å². The molecule has 1 atom stereocenters. The third-order valence-electron chi connectivity index (χ3n) is 4.07. The molecule has 1 aromatic carbocycles. The van der Waals surface area contributed by atoms with Gasteiger partial charge in [0, 0.05) is 42.7 Å². The molecular weight excluding hydrogens is 310 g/mol. The summed E-state index contributed by atoms with van der Waals surface area (Å²) >= 11 is 0. The lowest BCUT2D eigenvalue weighted by molar-refractivity contribution is -0.117. The number of aromatic nitrogens is 1. The van der Waals surface area contributed by atoms with Crippen LogP contribution >= 0.6 is 0 Å². The Morgan fingerprint density at radius 3 is 2.79 bits per heavy atom. The second-order valence-corrected chi connectivity index (χ2v) is 5.65. The van der Waals surface area contributed by atoms with Crippen LogP contribution in [0.1, 0.15) is 16.8 Å². The molecule has 0 saturated carbocycles. The third kappa shape index (κ3) is 2.64. The number of benzene rings is 1. The van der Waals surface area contributed by atoms with Crippen LogP contribution in [0.5, 0.6) is 11.5 Å². The zero-order valence-electron chi connectivity index (χ0n) is 12.8. The van der Waals surface area contributed by atoms with Gasteiger partial charge in [0.15, 0.2) is 11.5 Å². The SMILES string of the molecule is O=C(NC1CC(=O)N(c2ccc3c(c2)OCO3)C1)c1ccncc1. The highest BCUT2D eigenvalue weighted by atomic mass is 16.7. The van der Waals surface area contributed by atoms with E-state index in [1.165, 1.54) is 0 Å². The van der Waals surface area contributed by atoms with Gasteiger partial charge >= 0.3 is 0 Å². The average Bonchev–Trinajstić information content (AvgIpc) is 3.21. The number of fused-ring (bicyclic) bond motifs is 1. The number of carbonyl (C=O) groups is 2. The van der Waals surface area contributed by atoms with Crippen molar-refractivity contribution in [1.82, 2.24) is 10.3 Å². The lowest BCUT2D eigenvalue weighted by Crippen LogP contribution is -2.37. The number of rotatable bonds is 3. The second-order valence-electron chi connectivity index (χ2n) is 5.65. The molecule has 122 valence electrons. The highest BCUT2D eigenvalue weighted by Gasteiger charge is 2.32. The van der Waals surface area contributed by atoms with Gasteiger partial charge in [0.25, 0.3) is 5.91 Å². The topological polar surface area (TPSA) is 80.8 Å². The molecule has 0 radical (unpaired) electrons. The first-order chi connectivity index (χ1) is 11.7. The molecule has 0 aliphatic carbocycles. The van der Waals surface area contributed by atoms with Gasteiger partial charge in [-0.25, -0.2) is 0 Å². The molecule has 1 aromatic heterocycles. The molecule has 7 nitrogen and oxygen atoms in total. The number of pyridine rings is 1. The highest BCUT2D eigenvalue weighted by molar-refractivity contribution is 5.99. The van der Waals surface area contributed by atoms with Crippen molar-refractivity contribution in [2.75, 3.05) is 18.2 Å². The summed E-state index contributed by atoms with van der Waals surface area (Å²) in [6.07, 6.45) is 3.40. The molecule has 1 fully saturated rings. The largest absolute Gasteiger partial charge is 0.454 e. The minimum absolute atomic E-state index is 0.0334. The van der Waals surface area contributed by atoms with Crippen molar-refractivity contribution in [3.05, 3.63) is 48.3 Å². The van der Waals surface area contributed by atoms with Crippen LogP contribution in [0.15, 0.2) is 42.7 Å². The highest BCUT2D eigenvalue weighted by Crippen LogP contribution is 2.36. The molecule has 24 heavy (non-hydrogen) atoms. The van der Waals surface area contributed by atoms with Crippen LogP contribution in [-0.4, -0.2) is 36.2 Å². The Hall–Kier alpha value is -3.09. The first-order valence-electron chi connectivity index (χ1n) is 7.61. The maximum atomic E-state index is 12.3. The Morgan fingerprint density at radius 1 is 1.17 bits per heavy atom. The Morgan fingerprint density at radius 2 is 1.96 bits per heavy atom. The van der Waals surface area contributed by atoms with E-state index < -0.39 is 0 Å². The fraction of sp³-hybridized carbons (Fsp3) is 0.235. The monoisotopic (exact) mass is 325 g/mol. The molecule has 4 rings (SSSR count). The summed E-state index contributed by atoms with van der Waals surface area (Å²) in [4.78, 5) is 30.0. The van der Waals surface area contributed by atoms with Gasteiger partial charge in [0.2, 0.25) is 12.7 Å². The molecular formula is C17H15N3O4. The Kier molecular flexibility index (Phi) is 3.53. The maximum Gasteiger partial charge on any atom is 0.251 e. The van der Waals surface area contributed by atoms with Crippen molar-refractivity contribution < 1.29 is 19.1 Å². The van der Waals surface area contributed by atoms with E-state index in [1.807, 2.05) is 6.07 Å². The summed E-state index contributed by atoms with van der Waals surface area (Å²) in [6.45, 7) is 0.618. The van der Waals surface area contributed by atoms with Crippen LogP contribution in [0.2, 0.25) is 0 Å². The van der Waals surface area contributed by atoms with Gasteiger partial charge in [0.05, 0.1) is 6.04 Å². The van der Waals surface area contributed by atoms with E-state index in [4.69, 9.17) is 9.47 Å². The predicted molar refractivity (Wildman–Crippen MR) is 85.0 cm³/mol. The van der Waals surface area contributed by atoms with Gasteiger partial charge in [-0.3, -0.25) is 14.6 Å². The van der Waals surface area contributed by atoms with Crippen molar-refractivity contribution in [1.29, 1.82) is 0 Å². The minimum atomic E-state index is -0.233. The van der Waals surface area contributed by atoms with Crippen molar-refractivity contribution in [2.45, 2.75) is 12.5 Å². The Bertz CT molecular complexity index is 794. The minimum Gasteiger partial charge on any atom is -0.454 e. The first kappa shape index (κ1) is 14.5. The van der Waals surface area contributed by atoms with E-state index in [-0.39, 0.29) is 31.1 Å². The molecule has 1 N–H and O–H groups in total. The molecule has 3 heterocycles. The summed E-state index contributed by atoms with van der Waals surface area (Å²) < 4.78 is 10.6. The smallest absolute Gasteiger partial charge is 0.251 e. The zero-order chi connectivity index (χ0) is 16.5. The van der Waals surface area contributed by atoms with Crippen molar-refractivity contribution in [2.24, 2.45) is 0 Å². The van der Waals surface area contributed by atoms with Crippen molar-refractivity contribution in [3.63, 3.8) is 0 Å². The summed E-state index contributed by atoms with van der Waals surface area (Å²) in [7, 11) is 0. The van der Waals surface area contributed by atoms with Gasteiger partial charge in [-0.05, 0) is 24.3 Å². The number of ether oxygens (including phenoxy) is 2. The predicted octanol–water partition coefficient (Wildman–Crippen LogP) is 1.35. The van der Waals surface area contributed by atoms with Crippen LogP contribution in [0.3, 0.4) is 0 Å². The molecule has 1 unspecified atom stereocenters. The quantitative estimate of drug-likeness (QED) is 0.921. The molecule has 2 aliphatic rings. The molecule has 2 amide bonds. The number of carbonyl (C=O) groups excluding carboxylic acids is 2. The molecule has 2 aliphatic heterocycles. The van der Waals surface area contributed by atoms with Gasteiger partial charge in [-0.2, -0.15) is 0 Å². The maximum absolute atomic E-state index is 12.3. The van der Waals surface area contributed by atoms with E-state index in [2.05, 4.69) is 10.3 Å². The van der Waals surface area contributed by atoms with Gasteiger partial charge < -0.3 is 19.7 Å². The third-order valence-corrected chi connectivity index (χ3v) is 4.07. The normalized spacial score (nSPS) is 18.8. The standard InChI is InChI=1S/C17H15N3O4/c21-16-7-12(19-17(22)11-3-5-18-6-4-11)9-20(16)13-1-2-14-15(8-13)24-10-23-14/h1-6,8,12H,7,9-10H2,(H,19,22). The van der Waals surface area contributed by atoms with E-state index in [9.17, 15) is 9.59 Å². The number of anilines is 1. The molecule has 2 aromatic rings. The van der Waals surface area contributed by atoms with Gasteiger partial charge in [-0.1, -0.05) is 0 Å². The van der Waals surface area contributed by atoms with Crippen molar-refractivity contribution in [3.8, 4) is 11.5 Å². The number of hydrogen-bond donors (Lipinski definition) is 1. The fourth-order valence-corrected chi connectivity index (χ4v) is 2.88. The summed E-state index contributed by atoms with van der Waals surface area (Å²) in [5.41, 5.74) is 1.27. The van der Waals surface area contributed by atoms with Crippen LogP contribution in [0, 0.1) is 0 Å². The molecule has 1 saturated heterocycles. The first-order valence-corrected chi connectivity index (χ1v) is 7.61. The Balaban J connectivity index is 1.46. The lowest BCUT2D eigenvalue weighted by Gasteiger charge is -2.17. The lowest BCUT2D eigenvalue weighted by atomic mass is 10.2. The molecule has 0 bridgehead atoms. The molecule has 0 spiro atoms. The number of amides is 2.